The third-order valence-corrected chi connectivity index (χ3v) is 8.10. The molecule has 1 aromatic heterocycles. The lowest BCUT2D eigenvalue weighted by atomic mass is 9.85. The van der Waals surface area contributed by atoms with Crippen LogP contribution in [0.5, 0.6) is 5.75 Å². The van der Waals surface area contributed by atoms with Crippen molar-refractivity contribution in [3.8, 4) is 5.75 Å². The Hall–Kier alpha value is -3.48. The lowest BCUT2D eigenvalue weighted by molar-refractivity contribution is -0.143. The highest BCUT2D eigenvalue weighted by Crippen LogP contribution is 2.35. The molecule has 43 heavy (non-hydrogen) atoms. The minimum atomic E-state index is -0.799. The Bertz CT molecular complexity index is 1480. The predicted molar refractivity (Wildman–Crippen MR) is 174 cm³/mol. The number of para-hydroxylation sites is 1. The van der Waals surface area contributed by atoms with Gasteiger partial charge in [0, 0.05) is 22.5 Å². The zero-order chi connectivity index (χ0) is 30.6. The molecule has 1 fully saturated rings. The first-order chi connectivity index (χ1) is 19.9. The van der Waals surface area contributed by atoms with Gasteiger partial charge >= 0.3 is 0 Å². The lowest BCUT2D eigenvalue weighted by Crippen LogP contribution is -2.59. The minimum Gasteiger partial charge on any atom is -0.494 e. The fraction of sp³-hybridized carbons (Fsp3) is 0.433. The molecule has 1 aliphatic rings. The number of carbonyl (C=O) groups excluding carboxylic acids is 3. The first-order valence-corrected chi connectivity index (χ1v) is 14.7. The second-order valence-electron chi connectivity index (χ2n) is 11.4. The van der Waals surface area contributed by atoms with E-state index in [9.17, 15) is 14.4 Å². The summed E-state index contributed by atoms with van der Waals surface area (Å²) in [6.07, 6.45) is 2.64. The third kappa shape index (κ3) is 7.73. The van der Waals surface area contributed by atoms with E-state index in [1.165, 1.54) is 13.4 Å². The van der Waals surface area contributed by atoms with Crippen molar-refractivity contribution >= 4 is 74.2 Å². The van der Waals surface area contributed by atoms with Crippen molar-refractivity contribution in [3.63, 3.8) is 0 Å². The topological polar surface area (TPSA) is 138 Å². The van der Waals surface area contributed by atoms with Crippen LogP contribution in [0.1, 0.15) is 40.5 Å². The molecule has 232 valence electrons. The van der Waals surface area contributed by atoms with Crippen molar-refractivity contribution in [2.75, 3.05) is 31.3 Å². The number of amides is 3. The molecule has 0 aliphatic carbocycles. The molecule has 0 spiro atoms. The van der Waals surface area contributed by atoms with E-state index < -0.39 is 23.5 Å². The van der Waals surface area contributed by atoms with E-state index in [2.05, 4.69) is 47.2 Å². The highest BCUT2D eigenvalue weighted by molar-refractivity contribution is 9.10. The molecule has 0 bridgehead atoms. The Morgan fingerprint density at radius 1 is 1.12 bits per heavy atom. The second-order valence-corrected chi connectivity index (χ2v) is 12.2. The molecule has 4 N–H and O–H groups in total. The molecular weight excluding hydrogens is 638 g/mol. The molecule has 0 radical (unpaired) electrons. The summed E-state index contributed by atoms with van der Waals surface area (Å²) >= 11 is 3.55. The van der Waals surface area contributed by atoms with E-state index in [1.807, 2.05) is 45.0 Å². The van der Waals surface area contributed by atoms with Crippen LogP contribution in [-0.4, -0.2) is 71.4 Å². The summed E-state index contributed by atoms with van der Waals surface area (Å²) in [6.45, 7) is 7.84. The van der Waals surface area contributed by atoms with Gasteiger partial charge in [0.1, 0.15) is 30.0 Å². The average Bonchev–Trinajstić information content (AvgIpc) is 3.46. The monoisotopic (exact) mass is 675 g/mol. The first-order valence-electron chi connectivity index (χ1n) is 13.9. The highest BCUT2D eigenvalue weighted by atomic mass is 79.9. The standard InChI is InChI=1S/C30H38BrN7O4.ClH/c1-17(32-5)27(39)37-25(30(2,3)4)29(41)38-13-9-12-23(38)28(40)36-22-14-18-21(15-24(22)42-6)33-16-34-26(18)35-20-11-8-7-10-19(20)31;/h7-8,10-11,14-17,23,25,32H,9,12-13H2,1-6H3,(H,36,40)(H,37,39)(H,33,34,35);1H. The smallest absolute Gasteiger partial charge is 0.247 e. The van der Waals surface area contributed by atoms with Gasteiger partial charge in [-0.25, -0.2) is 9.97 Å². The number of hydrogen-bond acceptors (Lipinski definition) is 8. The number of ether oxygens (including phenoxy) is 1. The van der Waals surface area contributed by atoms with Crippen LogP contribution in [0.15, 0.2) is 47.2 Å². The number of hydrogen-bond donors (Lipinski definition) is 4. The minimum absolute atomic E-state index is 0. The maximum atomic E-state index is 13.8. The Balaban J connectivity index is 0.00000506. The molecule has 3 atom stereocenters. The molecule has 4 rings (SSSR count). The van der Waals surface area contributed by atoms with Crippen LogP contribution in [-0.2, 0) is 14.4 Å². The van der Waals surface area contributed by atoms with E-state index in [1.54, 1.807) is 31.0 Å². The lowest BCUT2D eigenvalue weighted by Gasteiger charge is -2.36. The number of likely N-dealkylation sites (N-methyl/N-ethyl adjacent to an activating group) is 1. The second kappa shape index (κ2) is 14.3. The molecule has 0 saturated carbocycles. The van der Waals surface area contributed by atoms with Gasteiger partial charge in [-0.15, -0.1) is 12.4 Å². The number of nitrogens with one attached hydrogen (secondary N) is 4. The van der Waals surface area contributed by atoms with Crippen LogP contribution in [0.3, 0.4) is 0 Å². The van der Waals surface area contributed by atoms with E-state index in [-0.39, 0.29) is 30.1 Å². The quantitative estimate of drug-likeness (QED) is 0.258. The normalized spacial score (nSPS) is 16.2. The van der Waals surface area contributed by atoms with Crippen molar-refractivity contribution < 1.29 is 19.1 Å². The summed E-state index contributed by atoms with van der Waals surface area (Å²) < 4.78 is 6.46. The fourth-order valence-electron chi connectivity index (χ4n) is 4.87. The van der Waals surface area contributed by atoms with Crippen LogP contribution >= 0.6 is 28.3 Å². The zero-order valence-corrected chi connectivity index (χ0v) is 27.6. The molecule has 3 amide bonds. The van der Waals surface area contributed by atoms with Crippen LogP contribution in [0, 0.1) is 5.41 Å². The molecule has 3 aromatic rings. The Labute approximate surface area is 266 Å². The maximum Gasteiger partial charge on any atom is 0.247 e. The largest absolute Gasteiger partial charge is 0.494 e. The van der Waals surface area contributed by atoms with E-state index >= 15 is 0 Å². The third-order valence-electron chi connectivity index (χ3n) is 7.41. The van der Waals surface area contributed by atoms with Crippen molar-refractivity contribution in [2.24, 2.45) is 5.41 Å². The van der Waals surface area contributed by atoms with Crippen molar-refractivity contribution in [2.45, 2.75) is 58.7 Å². The number of fused-ring (bicyclic) bond motifs is 1. The molecule has 2 aromatic carbocycles. The zero-order valence-electron chi connectivity index (χ0n) is 25.2. The first kappa shape index (κ1) is 34.0. The molecule has 3 unspecified atom stereocenters. The van der Waals surface area contributed by atoms with Crippen LogP contribution in [0.25, 0.3) is 10.9 Å². The van der Waals surface area contributed by atoms with Gasteiger partial charge in [-0.05, 0) is 66.4 Å². The van der Waals surface area contributed by atoms with Crippen LogP contribution in [0.4, 0.5) is 17.2 Å². The van der Waals surface area contributed by atoms with E-state index in [0.717, 1.165) is 10.2 Å². The van der Waals surface area contributed by atoms with Crippen LogP contribution < -0.4 is 26.0 Å². The van der Waals surface area contributed by atoms with Gasteiger partial charge in [0.05, 0.1) is 30.0 Å². The molecule has 2 heterocycles. The molecule has 13 heteroatoms. The number of benzene rings is 2. The van der Waals surface area contributed by atoms with Gasteiger partial charge in [0.15, 0.2) is 0 Å². The van der Waals surface area contributed by atoms with E-state index in [0.29, 0.717) is 47.5 Å². The summed E-state index contributed by atoms with van der Waals surface area (Å²) in [7, 11) is 3.21. The maximum absolute atomic E-state index is 13.8. The Morgan fingerprint density at radius 2 is 1.84 bits per heavy atom. The number of aromatic nitrogens is 2. The van der Waals surface area contributed by atoms with Crippen molar-refractivity contribution in [1.82, 2.24) is 25.5 Å². The molecular formula is C30H39BrClN7O4. The SMILES string of the molecule is CNC(C)C(=O)NC(C(=O)N1CCCC1C(=O)Nc1cc2c(Nc3ccccc3Br)ncnc2cc1OC)C(C)(C)C.Cl. The molecule has 11 nitrogen and oxygen atoms in total. The van der Waals surface area contributed by atoms with Gasteiger partial charge in [-0.3, -0.25) is 14.4 Å². The van der Waals surface area contributed by atoms with Gasteiger partial charge in [0.25, 0.3) is 0 Å². The summed E-state index contributed by atoms with van der Waals surface area (Å²) in [5.41, 5.74) is 1.32. The number of carbonyl (C=O) groups is 3. The summed E-state index contributed by atoms with van der Waals surface area (Å²) in [5.74, 6) is 0.0929. The summed E-state index contributed by atoms with van der Waals surface area (Å²) in [4.78, 5) is 50.6. The predicted octanol–water partition coefficient (Wildman–Crippen LogP) is 4.63. The van der Waals surface area contributed by atoms with Gasteiger partial charge in [0.2, 0.25) is 17.7 Å². The number of halogens is 2. The number of rotatable bonds is 9. The number of anilines is 3. The highest BCUT2D eigenvalue weighted by Gasteiger charge is 2.42. The summed E-state index contributed by atoms with van der Waals surface area (Å²) in [6, 6.07) is 9.22. The van der Waals surface area contributed by atoms with Crippen molar-refractivity contribution in [1.29, 1.82) is 0 Å². The molecule has 1 saturated heterocycles. The average molecular weight is 677 g/mol. The van der Waals surface area contributed by atoms with Gasteiger partial charge in [-0.2, -0.15) is 0 Å². The summed E-state index contributed by atoms with van der Waals surface area (Å²) in [5, 5.41) is 12.8. The van der Waals surface area contributed by atoms with E-state index in [4.69, 9.17) is 4.74 Å². The number of nitrogens with zero attached hydrogens (tertiary/aromatic N) is 3. The van der Waals surface area contributed by atoms with Gasteiger partial charge < -0.3 is 30.9 Å². The Kier molecular flexibility index (Phi) is 11.3. The Morgan fingerprint density at radius 3 is 2.49 bits per heavy atom. The van der Waals surface area contributed by atoms with Gasteiger partial charge in [-0.1, -0.05) is 32.9 Å². The molecule has 1 aliphatic heterocycles. The van der Waals surface area contributed by atoms with Crippen LogP contribution in [0.2, 0.25) is 0 Å². The number of methoxy groups -OCH3 is 1. The number of likely N-dealkylation sites (tertiary alicyclic amines) is 1. The van der Waals surface area contributed by atoms with Crippen molar-refractivity contribution in [3.05, 3.63) is 47.2 Å². The fourth-order valence-corrected chi connectivity index (χ4v) is 5.26.